The Kier molecular flexibility index (Phi) is 3.90. The maximum absolute atomic E-state index is 4.27. The zero-order valence-electron chi connectivity index (χ0n) is 10.2. The maximum atomic E-state index is 4.27. The highest BCUT2D eigenvalue weighted by Crippen LogP contribution is 2.13. The molecule has 0 amide bonds. The summed E-state index contributed by atoms with van der Waals surface area (Å²) in [5, 5.41) is 7.54. The van der Waals surface area contributed by atoms with Crippen LogP contribution in [0.5, 0.6) is 0 Å². The van der Waals surface area contributed by atoms with Gasteiger partial charge in [0.05, 0.1) is 6.54 Å². The second-order valence-corrected chi connectivity index (χ2v) is 4.55. The number of hydrogen-bond donors (Lipinski definition) is 1. The smallest absolute Gasteiger partial charge is 0.140 e. The monoisotopic (exact) mass is 223 g/mol. The van der Waals surface area contributed by atoms with Crippen molar-refractivity contribution in [2.24, 2.45) is 7.05 Å². The molecule has 1 atom stereocenters. The van der Waals surface area contributed by atoms with E-state index in [1.807, 2.05) is 11.7 Å². The minimum atomic E-state index is 0.673. The summed E-state index contributed by atoms with van der Waals surface area (Å²) in [5.74, 6) is 1.04. The van der Waals surface area contributed by atoms with Crippen LogP contribution >= 0.6 is 0 Å². The van der Waals surface area contributed by atoms with Crippen LogP contribution in [0.2, 0.25) is 0 Å². The standard InChI is InChI=1S/C11H21N5/c1-15(8-11-13-9-14-16(11)2)10-4-3-6-12-7-5-10/h9-10,12H,3-8H2,1-2H3. The van der Waals surface area contributed by atoms with E-state index in [0.717, 1.165) is 25.5 Å². The van der Waals surface area contributed by atoms with Crippen LogP contribution in [0, 0.1) is 0 Å². The van der Waals surface area contributed by atoms with Crippen LogP contribution < -0.4 is 5.32 Å². The van der Waals surface area contributed by atoms with Crippen molar-refractivity contribution < 1.29 is 0 Å². The number of aromatic nitrogens is 3. The molecule has 1 N–H and O–H groups in total. The normalized spacial score (nSPS) is 22.3. The van der Waals surface area contributed by atoms with Gasteiger partial charge in [0.25, 0.3) is 0 Å². The summed E-state index contributed by atoms with van der Waals surface area (Å²) in [6, 6.07) is 0.673. The largest absolute Gasteiger partial charge is 0.317 e. The second-order valence-electron chi connectivity index (χ2n) is 4.55. The lowest BCUT2D eigenvalue weighted by atomic mass is 10.1. The van der Waals surface area contributed by atoms with E-state index in [9.17, 15) is 0 Å². The van der Waals surface area contributed by atoms with Gasteiger partial charge in [0.15, 0.2) is 0 Å². The van der Waals surface area contributed by atoms with E-state index in [2.05, 4.69) is 27.3 Å². The molecule has 1 aliphatic rings. The highest BCUT2D eigenvalue weighted by Gasteiger charge is 2.17. The van der Waals surface area contributed by atoms with Crippen LogP contribution in [-0.2, 0) is 13.6 Å². The molecule has 0 saturated carbocycles. The fourth-order valence-corrected chi connectivity index (χ4v) is 2.26. The predicted octanol–water partition coefficient (Wildman–Crippen LogP) is 0.389. The summed E-state index contributed by atoms with van der Waals surface area (Å²) in [7, 11) is 4.13. The molecule has 2 heterocycles. The SMILES string of the molecule is CN(Cc1ncnn1C)C1CCCNCC1. The van der Waals surface area contributed by atoms with Gasteiger partial charge >= 0.3 is 0 Å². The van der Waals surface area contributed by atoms with Gasteiger partial charge in [0.1, 0.15) is 12.2 Å². The van der Waals surface area contributed by atoms with Gasteiger partial charge in [-0.25, -0.2) is 4.98 Å². The highest BCUT2D eigenvalue weighted by atomic mass is 15.3. The zero-order valence-corrected chi connectivity index (χ0v) is 10.2. The lowest BCUT2D eigenvalue weighted by Gasteiger charge is -2.26. The number of hydrogen-bond acceptors (Lipinski definition) is 4. The van der Waals surface area contributed by atoms with Crippen molar-refractivity contribution in [1.82, 2.24) is 25.0 Å². The third-order valence-corrected chi connectivity index (χ3v) is 3.36. The van der Waals surface area contributed by atoms with Crippen LogP contribution in [0.3, 0.4) is 0 Å². The molecule has 0 aromatic carbocycles. The third-order valence-electron chi connectivity index (χ3n) is 3.36. The Morgan fingerprint density at radius 2 is 2.38 bits per heavy atom. The molecule has 0 bridgehead atoms. The lowest BCUT2D eigenvalue weighted by Crippen LogP contribution is -2.32. The van der Waals surface area contributed by atoms with E-state index in [1.165, 1.54) is 19.3 Å². The molecule has 1 unspecified atom stereocenters. The van der Waals surface area contributed by atoms with Crippen molar-refractivity contribution in [3.05, 3.63) is 12.2 Å². The van der Waals surface area contributed by atoms with Crippen LogP contribution in [-0.4, -0.2) is 45.8 Å². The van der Waals surface area contributed by atoms with Crippen molar-refractivity contribution in [3.8, 4) is 0 Å². The van der Waals surface area contributed by atoms with Crippen molar-refractivity contribution in [2.75, 3.05) is 20.1 Å². The Balaban J connectivity index is 1.91. The molecule has 90 valence electrons. The quantitative estimate of drug-likeness (QED) is 0.805. The molecule has 5 nitrogen and oxygen atoms in total. The fourth-order valence-electron chi connectivity index (χ4n) is 2.26. The molecule has 2 rings (SSSR count). The number of nitrogens with zero attached hydrogens (tertiary/aromatic N) is 4. The van der Waals surface area contributed by atoms with Gasteiger partial charge in [-0.05, 0) is 39.4 Å². The highest BCUT2D eigenvalue weighted by molar-refractivity contribution is 4.85. The Morgan fingerprint density at radius 1 is 1.50 bits per heavy atom. The summed E-state index contributed by atoms with van der Waals surface area (Å²) in [6.45, 7) is 3.18. The van der Waals surface area contributed by atoms with Crippen LogP contribution in [0.4, 0.5) is 0 Å². The van der Waals surface area contributed by atoms with E-state index in [4.69, 9.17) is 0 Å². The number of rotatable bonds is 3. The summed E-state index contributed by atoms with van der Waals surface area (Å²) < 4.78 is 1.85. The van der Waals surface area contributed by atoms with Gasteiger partial charge in [-0.2, -0.15) is 5.10 Å². The van der Waals surface area contributed by atoms with Crippen molar-refractivity contribution in [3.63, 3.8) is 0 Å². The van der Waals surface area contributed by atoms with E-state index in [-0.39, 0.29) is 0 Å². The summed E-state index contributed by atoms with van der Waals surface area (Å²) in [4.78, 5) is 6.67. The topological polar surface area (TPSA) is 46.0 Å². The van der Waals surface area contributed by atoms with Crippen LogP contribution in [0.1, 0.15) is 25.1 Å². The maximum Gasteiger partial charge on any atom is 0.140 e. The minimum absolute atomic E-state index is 0.673. The van der Waals surface area contributed by atoms with Gasteiger partial charge in [0.2, 0.25) is 0 Å². The van der Waals surface area contributed by atoms with Gasteiger partial charge in [-0.3, -0.25) is 9.58 Å². The fraction of sp³-hybridized carbons (Fsp3) is 0.818. The van der Waals surface area contributed by atoms with Crippen molar-refractivity contribution >= 4 is 0 Å². The number of nitrogens with one attached hydrogen (secondary N) is 1. The molecule has 0 aliphatic carbocycles. The average molecular weight is 223 g/mol. The first kappa shape index (κ1) is 11.5. The first-order chi connectivity index (χ1) is 7.77. The third kappa shape index (κ3) is 2.80. The molecular formula is C11H21N5. The molecule has 1 aliphatic heterocycles. The Hall–Kier alpha value is -0.940. The summed E-state index contributed by atoms with van der Waals surface area (Å²) >= 11 is 0. The molecule has 1 saturated heterocycles. The summed E-state index contributed by atoms with van der Waals surface area (Å²) in [6.07, 6.45) is 5.40. The van der Waals surface area contributed by atoms with Crippen molar-refractivity contribution in [1.29, 1.82) is 0 Å². The van der Waals surface area contributed by atoms with E-state index in [0.29, 0.717) is 6.04 Å². The van der Waals surface area contributed by atoms with Gasteiger partial charge in [-0.15, -0.1) is 0 Å². The molecule has 1 aromatic heterocycles. The average Bonchev–Trinajstić information content (AvgIpc) is 2.57. The van der Waals surface area contributed by atoms with E-state index < -0.39 is 0 Å². The lowest BCUT2D eigenvalue weighted by molar-refractivity contribution is 0.209. The van der Waals surface area contributed by atoms with Gasteiger partial charge in [-0.1, -0.05) is 0 Å². The first-order valence-corrected chi connectivity index (χ1v) is 6.01. The minimum Gasteiger partial charge on any atom is -0.317 e. The Bertz CT molecular complexity index is 314. The second kappa shape index (κ2) is 5.41. The van der Waals surface area contributed by atoms with Gasteiger partial charge < -0.3 is 5.32 Å². The van der Waals surface area contributed by atoms with E-state index >= 15 is 0 Å². The molecule has 16 heavy (non-hydrogen) atoms. The molecule has 0 spiro atoms. The summed E-state index contributed by atoms with van der Waals surface area (Å²) in [5.41, 5.74) is 0. The Morgan fingerprint density at radius 3 is 3.12 bits per heavy atom. The van der Waals surface area contributed by atoms with Crippen LogP contribution in [0.15, 0.2) is 6.33 Å². The predicted molar refractivity (Wildman–Crippen MR) is 63.0 cm³/mol. The van der Waals surface area contributed by atoms with Crippen LogP contribution in [0.25, 0.3) is 0 Å². The first-order valence-electron chi connectivity index (χ1n) is 6.01. The molecule has 1 fully saturated rings. The van der Waals surface area contributed by atoms with Crippen molar-refractivity contribution in [2.45, 2.75) is 31.8 Å². The van der Waals surface area contributed by atoms with Gasteiger partial charge in [0, 0.05) is 13.1 Å². The Labute approximate surface area is 96.8 Å². The molecule has 0 radical (unpaired) electrons. The molecule has 1 aromatic rings. The molecule has 5 heteroatoms. The zero-order chi connectivity index (χ0) is 11.4. The van der Waals surface area contributed by atoms with E-state index in [1.54, 1.807) is 6.33 Å². The molecular weight excluding hydrogens is 202 g/mol. The number of aryl methyl sites for hydroxylation is 1.